The van der Waals surface area contributed by atoms with Crippen LogP contribution in [0, 0.1) is 23.2 Å². The van der Waals surface area contributed by atoms with Gasteiger partial charge >= 0.3 is 11.9 Å². The van der Waals surface area contributed by atoms with Crippen molar-refractivity contribution in [2.24, 2.45) is 23.2 Å². The number of nitrogens with one attached hydrogen (secondary N) is 3. The Bertz CT molecular complexity index is 1410. The van der Waals surface area contributed by atoms with Gasteiger partial charge in [-0.2, -0.15) is 13.2 Å². The first-order valence-corrected chi connectivity index (χ1v) is 16.2. The van der Waals surface area contributed by atoms with Crippen LogP contribution in [0.1, 0.15) is 81.4 Å². The number of hydrogen-bond acceptors (Lipinski definition) is 6. The van der Waals surface area contributed by atoms with Crippen LogP contribution >= 0.6 is 0 Å². The summed E-state index contributed by atoms with van der Waals surface area (Å²) in [5.41, 5.74) is 5.68. The Kier molecular flexibility index (Phi) is 7.63. The molecule has 0 aromatic carbocycles. The number of rotatable bonds is 6. The van der Waals surface area contributed by atoms with Crippen molar-refractivity contribution in [3.63, 3.8) is 0 Å². The molecule has 0 bridgehead atoms. The highest BCUT2D eigenvalue weighted by atomic mass is 19.4. The van der Waals surface area contributed by atoms with E-state index in [4.69, 9.17) is 0 Å². The number of nitrogens with zero attached hydrogens (tertiary/aromatic N) is 4. The minimum atomic E-state index is -4.58. The van der Waals surface area contributed by atoms with Gasteiger partial charge in [0.15, 0.2) is 0 Å². The summed E-state index contributed by atoms with van der Waals surface area (Å²) < 4.78 is 46.1. The van der Waals surface area contributed by atoms with Crippen molar-refractivity contribution in [3.8, 4) is 0 Å². The van der Waals surface area contributed by atoms with Gasteiger partial charge in [-0.25, -0.2) is 15.6 Å². The first-order valence-electron chi connectivity index (χ1n) is 16.2. The third-order valence-corrected chi connectivity index (χ3v) is 11.5. The Morgan fingerprint density at radius 1 is 1.02 bits per heavy atom. The van der Waals surface area contributed by atoms with Crippen LogP contribution < -0.4 is 21.9 Å². The Labute approximate surface area is 250 Å². The van der Waals surface area contributed by atoms with Crippen LogP contribution in [0.3, 0.4) is 0 Å². The number of imidazole rings is 1. The van der Waals surface area contributed by atoms with E-state index in [-0.39, 0.29) is 34.7 Å². The van der Waals surface area contributed by atoms with E-state index in [1.807, 2.05) is 0 Å². The van der Waals surface area contributed by atoms with Gasteiger partial charge in [0.2, 0.25) is 5.91 Å². The number of pyridine rings is 1. The van der Waals surface area contributed by atoms with Gasteiger partial charge in [0.05, 0.1) is 29.3 Å². The lowest BCUT2D eigenvalue weighted by molar-refractivity contribution is -0.136. The van der Waals surface area contributed by atoms with E-state index < -0.39 is 11.7 Å². The molecule has 2 aromatic rings. The number of amides is 1. The third kappa shape index (κ3) is 5.32. The van der Waals surface area contributed by atoms with E-state index in [0.29, 0.717) is 62.3 Å². The quantitative estimate of drug-likeness (QED) is 0.467. The summed E-state index contributed by atoms with van der Waals surface area (Å²) in [6, 6.07) is 1.10. The number of fused-ring (bicyclic) bond motifs is 1. The number of piperidine rings is 1. The molecule has 3 aliphatic heterocycles. The fraction of sp³-hybridized carbons (Fsp3) is 0.742. The molecule has 2 aromatic heterocycles. The van der Waals surface area contributed by atoms with Crippen molar-refractivity contribution < 1.29 is 18.0 Å². The molecule has 7 rings (SSSR count). The SMILES string of the molecule is CN1CNNC1[C@H](C1CCC1)C1CCCC(n2cc3c(C(F)(F)F)cc(CN4CCC5(CCNC5=O)CC4)cn3c2=O)C1. The Morgan fingerprint density at radius 2 is 1.77 bits per heavy atom. The lowest BCUT2D eigenvalue weighted by Crippen LogP contribution is -2.50. The monoisotopic (exact) mass is 603 g/mol. The molecule has 43 heavy (non-hydrogen) atoms. The van der Waals surface area contributed by atoms with Gasteiger partial charge in [0.1, 0.15) is 0 Å². The van der Waals surface area contributed by atoms with Crippen LogP contribution in [0.15, 0.2) is 23.3 Å². The second-order valence-corrected chi connectivity index (χ2v) is 13.9. The molecule has 12 heteroatoms. The molecule has 5 fully saturated rings. The molecule has 0 radical (unpaired) electrons. The van der Waals surface area contributed by atoms with Gasteiger partial charge in [0.25, 0.3) is 0 Å². The average Bonchev–Trinajstić information content (AvgIpc) is 3.64. The topological polar surface area (TPSA) is 86.0 Å². The number of carbonyl (C=O) groups is 1. The highest BCUT2D eigenvalue weighted by molar-refractivity contribution is 5.84. The van der Waals surface area contributed by atoms with Gasteiger partial charge in [-0.05, 0) is 88.0 Å². The smallest absolute Gasteiger partial charge is 0.356 e. The number of alkyl halides is 3. The molecule has 3 saturated heterocycles. The fourth-order valence-corrected chi connectivity index (χ4v) is 8.83. The molecule has 9 nitrogen and oxygen atoms in total. The summed E-state index contributed by atoms with van der Waals surface area (Å²) in [6.07, 6.45) is 8.30. The van der Waals surface area contributed by atoms with E-state index in [9.17, 15) is 22.8 Å². The normalized spacial score (nSPS) is 29.8. The number of carbonyl (C=O) groups excluding carboxylic acids is 1. The lowest BCUT2D eigenvalue weighted by atomic mass is 9.65. The molecule has 1 amide bonds. The number of aromatic nitrogens is 2. The molecule has 1 spiro atoms. The Hall–Kier alpha value is -2.41. The van der Waals surface area contributed by atoms with Crippen molar-refractivity contribution >= 4 is 11.4 Å². The second-order valence-electron chi connectivity index (χ2n) is 13.9. The summed E-state index contributed by atoms with van der Waals surface area (Å²) in [6.45, 7) is 3.09. The minimum absolute atomic E-state index is 0.0690. The second kappa shape index (κ2) is 11.2. The fourth-order valence-electron chi connectivity index (χ4n) is 8.83. The number of likely N-dealkylation sites (tertiary alicyclic amines) is 1. The first kappa shape index (κ1) is 29.3. The van der Waals surface area contributed by atoms with E-state index in [1.54, 1.807) is 10.8 Å². The van der Waals surface area contributed by atoms with E-state index in [2.05, 4.69) is 33.0 Å². The van der Waals surface area contributed by atoms with E-state index in [1.165, 1.54) is 35.9 Å². The standard InChI is InChI=1S/C31H44F3N7O2/c1-38-19-36-37-27(38)26(21-4-2-5-21)22-6-3-7-23(15-22)40-18-25-24(31(32,33)34)14-20(17-41(25)29(40)43)16-39-12-9-30(10-13-39)8-11-35-28(30)42/h14,17-18,21-23,26-27,36-37H,2-13,15-16,19H2,1H3,(H,35,42)/t22?,23?,26-,27?/m1/s1. The Balaban J connectivity index is 1.15. The van der Waals surface area contributed by atoms with Gasteiger partial charge in [-0.3, -0.25) is 23.6 Å². The number of hydrazine groups is 1. The summed E-state index contributed by atoms with van der Waals surface area (Å²) in [5, 5.41) is 2.93. The van der Waals surface area contributed by atoms with Crippen molar-refractivity contribution in [1.82, 2.24) is 34.9 Å². The van der Waals surface area contributed by atoms with Crippen LogP contribution in [0.25, 0.3) is 5.52 Å². The maximum atomic E-state index is 14.4. The lowest BCUT2D eigenvalue weighted by Gasteiger charge is -2.46. The van der Waals surface area contributed by atoms with Crippen LogP contribution in [-0.4, -0.2) is 64.2 Å². The summed E-state index contributed by atoms with van der Waals surface area (Å²) in [5.74, 6) is 1.59. The third-order valence-electron chi connectivity index (χ3n) is 11.5. The molecule has 4 atom stereocenters. The molecular weight excluding hydrogens is 559 g/mol. The van der Waals surface area contributed by atoms with Crippen molar-refractivity contribution in [2.75, 3.05) is 33.4 Å². The average molecular weight is 604 g/mol. The molecule has 5 aliphatic rings. The van der Waals surface area contributed by atoms with Crippen molar-refractivity contribution in [1.29, 1.82) is 0 Å². The summed E-state index contributed by atoms with van der Waals surface area (Å²) in [7, 11) is 2.12. The van der Waals surface area contributed by atoms with E-state index >= 15 is 0 Å². The van der Waals surface area contributed by atoms with Crippen LogP contribution in [-0.2, 0) is 17.5 Å². The van der Waals surface area contributed by atoms with Crippen molar-refractivity contribution in [3.05, 3.63) is 40.1 Å². The van der Waals surface area contributed by atoms with Crippen LogP contribution in [0.2, 0.25) is 0 Å². The molecule has 3 unspecified atom stereocenters. The highest BCUT2D eigenvalue weighted by Crippen LogP contribution is 2.47. The molecule has 3 N–H and O–H groups in total. The van der Waals surface area contributed by atoms with Gasteiger partial charge in [-0.15, -0.1) is 0 Å². The van der Waals surface area contributed by atoms with Gasteiger partial charge in [0, 0.05) is 31.5 Å². The van der Waals surface area contributed by atoms with E-state index in [0.717, 1.165) is 38.8 Å². The zero-order valence-electron chi connectivity index (χ0n) is 25.0. The predicted molar refractivity (Wildman–Crippen MR) is 156 cm³/mol. The summed E-state index contributed by atoms with van der Waals surface area (Å²) in [4.78, 5) is 30.6. The number of hydrogen-bond donors (Lipinski definition) is 3. The van der Waals surface area contributed by atoms with Gasteiger partial charge < -0.3 is 5.32 Å². The Morgan fingerprint density at radius 3 is 2.40 bits per heavy atom. The van der Waals surface area contributed by atoms with Crippen LogP contribution in [0.4, 0.5) is 13.2 Å². The maximum Gasteiger partial charge on any atom is 0.418 e. The van der Waals surface area contributed by atoms with Gasteiger partial charge in [-0.1, -0.05) is 25.7 Å². The molecule has 5 heterocycles. The first-order chi connectivity index (χ1) is 20.6. The zero-order chi connectivity index (χ0) is 29.9. The predicted octanol–water partition coefficient (Wildman–Crippen LogP) is 3.69. The molecule has 2 saturated carbocycles. The minimum Gasteiger partial charge on any atom is -0.356 e. The highest BCUT2D eigenvalue weighted by Gasteiger charge is 2.45. The largest absolute Gasteiger partial charge is 0.418 e. The van der Waals surface area contributed by atoms with Crippen LogP contribution in [0.5, 0.6) is 0 Å². The zero-order valence-corrected chi connectivity index (χ0v) is 25.0. The maximum absolute atomic E-state index is 14.4. The molecule has 2 aliphatic carbocycles. The molecular formula is C31H44F3N7O2. The number of halogens is 3. The summed E-state index contributed by atoms with van der Waals surface area (Å²) >= 11 is 0. The van der Waals surface area contributed by atoms with Crippen molar-refractivity contribution in [2.45, 2.75) is 89.1 Å². The molecule has 236 valence electrons.